The van der Waals surface area contributed by atoms with Gasteiger partial charge in [-0.15, -0.1) is 12.4 Å². The first-order chi connectivity index (χ1) is 10.7. The van der Waals surface area contributed by atoms with Gasteiger partial charge in [0, 0.05) is 37.8 Å². The van der Waals surface area contributed by atoms with Gasteiger partial charge in [0.25, 0.3) is 0 Å². The van der Waals surface area contributed by atoms with E-state index in [2.05, 4.69) is 10.2 Å². The molecule has 3 rings (SSSR count). The van der Waals surface area contributed by atoms with E-state index in [1.807, 2.05) is 0 Å². The fourth-order valence-electron chi connectivity index (χ4n) is 3.94. The Morgan fingerprint density at radius 1 is 1.09 bits per heavy atom. The van der Waals surface area contributed by atoms with Crippen molar-refractivity contribution in [1.82, 2.24) is 10.2 Å². The third kappa shape index (κ3) is 4.32. The van der Waals surface area contributed by atoms with Gasteiger partial charge in [-0.05, 0) is 30.9 Å². The summed E-state index contributed by atoms with van der Waals surface area (Å²) in [5.74, 6) is 0.251. The number of halogens is 4. The number of piperazine rings is 1. The predicted molar refractivity (Wildman–Crippen MR) is 97.4 cm³/mol. The van der Waals surface area contributed by atoms with Gasteiger partial charge in [-0.2, -0.15) is 0 Å². The second kappa shape index (κ2) is 8.87. The molecule has 23 heavy (non-hydrogen) atoms. The maximum Gasteiger partial charge on any atom is 0.129 e. The number of hydrogen-bond donors (Lipinski definition) is 1. The number of hydrogen-bond acceptors (Lipinski definition) is 2. The second-order valence-corrected chi connectivity index (χ2v) is 7.17. The van der Waals surface area contributed by atoms with Crippen molar-refractivity contribution < 1.29 is 4.39 Å². The highest BCUT2D eigenvalue weighted by molar-refractivity contribution is 6.42. The molecule has 0 radical (unpaired) electrons. The quantitative estimate of drug-likeness (QED) is 0.734. The molecule has 0 unspecified atom stereocenters. The van der Waals surface area contributed by atoms with E-state index in [4.69, 9.17) is 23.2 Å². The van der Waals surface area contributed by atoms with Crippen LogP contribution in [0.2, 0.25) is 10.0 Å². The van der Waals surface area contributed by atoms with Gasteiger partial charge in [-0.1, -0.05) is 42.5 Å². The van der Waals surface area contributed by atoms with Gasteiger partial charge in [-0.25, -0.2) is 4.39 Å². The Kier molecular flexibility index (Phi) is 7.43. The highest BCUT2D eigenvalue weighted by atomic mass is 35.5. The Hall–Kier alpha value is -0.0600. The summed E-state index contributed by atoms with van der Waals surface area (Å²) in [6, 6.07) is 3.06. The SMILES string of the molecule is Cl.Fc1ccc(Cl)c(Cl)c1[C@H](C1CCCCC1)N1CCNCC1. The van der Waals surface area contributed by atoms with Crippen LogP contribution in [-0.4, -0.2) is 31.1 Å². The Bertz CT molecular complexity index is 497. The third-order valence-electron chi connectivity index (χ3n) is 5.02. The fourth-order valence-corrected chi connectivity index (χ4v) is 4.37. The van der Waals surface area contributed by atoms with Crippen LogP contribution in [0.4, 0.5) is 4.39 Å². The standard InChI is InChI=1S/C17H23Cl2FN2.ClH/c18-13-6-7-14(20)15(16(13)19)17(12-4-2-1-3-5-12)22-10-8-21-9-11-22;/h6-7,12,17,21H,1-5,8-11H2;1H/t17-;/m0./s1. The summed E-state index contributed by atoms with van der Waals surface area (Å²) in [5, 5.41) is 4.22. The zero-order chi connectivity index (χ0) is 15.5. The van der Waals surface area contributed by atoms with E-state index in [9.17, 15) is 4.39 Å². The molecule has 1 saturated heterocycles. The molecule has 1 aliphatic heterocycles. The van der Waals surface area contributed by atoms with E-state index >= 15 is 0 Å². The van der Waals surface area contributed by atoms with Crippen LogP contribution >= 0.6 is 35.6 Å². The van der Waals surface area contributed by atoms with Crippen LogP contribution in [0.15, 0.2) is 12.1 Å². The van der Waals surface area contributed by atoms with Gasteiger partial charge >= 0.3 is 0 Å². The van der Waals surface area contributed by atoms with Crippen LogP contribution < -0.4 is 5.32 Å². The Balaban J connectivity index is 0.00000192. The van der Waals surface area contributed by atoms with Crippen LogP contribution in [0.25, 0.3) is 0 Å². The Morgan fingerprint density at radius 2 is 1.74 bits per heavy atom. The zero-order valence-corrected chi connectivity index (χ0v) is 15.5. The minimum Gasteiger partial charge on any atom is -0.314 e. The van der Waals surface area contributed by atoms with E-state index in [-0.39, 0.29) is 24.3 Å². The monoisotopic (exact) mass is 380 g/mol. The summed E-state index contributed by atoms with van der Waals surface area (Å²) in [6.07, 6.45) is 6.05. The molecule has 1 aromatic carbocycles. The Morgan fingerprint density at radius 3 is 2.39 bits per heavy atom. The van der Waals surface area contributed by atoms with E-state index < -0.39 is 0 Å². The van der Waals surface area contributed by atoms with Crippen LogP contribution in [0.5, 0.6) is 0 Å². The van der Waals surface area contributed by atoms with Gasteiger partial charge in [0.1, 0.15) is 5.82 Å². The van der Waals surface area contributed by atoms with E-state index in [0.717, 1.165) is 39.0 Å². The molecule has 1 atom stereocenters. The number of rotatable bonds is 3. The molecule has 6 heteroatoms. The third-order valence-corrected chi connectivity index (χ3v) is 5.84. The van der Waals surface area contributed by atoms with Crippen molar-refractivity contribution in [2.45, 2.75) is 38.1 Å². The van der Waals surface area contributed by atoms with Gasteiger partial charge < -0.3 is 5.32 Å². The van der Waals surface area contributed by atoms with Crippen LogP contribution in [-0.2, 0) is 0 Å². The fraction of sp³-hybridized carbons (Fsp3) is 0.647. The average molecular weight is 382 g/mol. The van der Waals surface area contributed by atoms with Gasteiger partial charge in [-0.3, -0.25) is 4.90 Å². The highest BCUT2D eigenvalue weighted by Gasteiger charge is 2.34. The second-order valence-electron chi connectivity index (χ2n) is 6.39. The maximum absolute atomic E-state index is 14.6. The number of nitrogens with one attached hydrogen (secondary N) is 1. The summed E-state index contributed by atoms with van der Waals surface area (Å²) >= 11 is 12.6. The highest BCUT2D eigenvalue weighted by Crippen LogP contribution is 2.43. The van der Waals surface area contributed by atoms with Crippen molar-refractivity contribution in [3.05, 3.63) is 33.6 Å². The molecule has 0 amide bonds. The molecule has 0 bridgehead atoms. The lowest BCUT2D eigenvalue weighted by Crippen LogP contribution is -2.47. The minimum atomic E-state index is -0.219. The molecule has 0 spiro atoms. The first kappa shape index (κ1) is 19.3. The van der Waals surface area contributed by atoms with Crippen molar-refractivity contribution in [3.63, 3.8) is 0 Å². The molecular formula is C17H24Cl3FN2. The number of nitrogens with zero attached hydrogens (tertiary/aromatic N) is 1. The minimum absolute atomic E-state index is 0. The molecule has 1 aliphatic carbocycles. The largest absolute Gasteiger partial charge is 0.314 e. The molecule has 130 valence electrons. The number of benzene rings is 1. The zero-order valence-electron chi connectivity index (χ0n) is 13.2. The first-order valence-corrected chi connectivity index (χ1v) is 9.02. The van der Waals surface area contributed by atoms with E-state index in [1.54, 1.807) is 6.07 Å². The van der Waals surface area contributed by atoms with Gasteiger partial charge in [0.2, 0.25) is 0 Å². The summed E-state index contributed by atoms with van der Waals surface area (Å²) in [5.41, 5.74) is 0.614. The topological polar surface area (TPSA) is 15.3 Å². The molecular weight excluding hydrogens is 358 g/mol. The molecule has 2 nitrogen and oxygen atoms in total. The molecule has 2 aliphatic rings. The summed E-state index contributed by atoms with van der Waals surface area (Å²) in [6.45, 7) is 3.76. The summed E-state index contributed by atoms with van der Waals surface area (Å²) < 4.78 is 14.6. The lowest BCUT2D eigenvalue weighted by Gasteiger charge is -2.41. The van der Waals surface area contributed by atoms with Crippen LogP contribution in [0.3, 0.4) is 0 Å². The lowest BCUT2D eigenvalue weighted by molar-refractivity contribution is 0.101. The van der Waals surface area contributed by atoms with Crippen molar-refractivity contribution in [2.75, 3.05) is 26.2 Å². The molecule has 1 N–H and O–H groups in total. The molecule has 0 aromatic heterocycles. The van der Waals surface area contributed by atoms with Gasteiger partial charge in [0.05, 0.1) is 10.0 Å². The van der Waals surface area contributed by atoms with Crippen molar-refractivity contribution in [2.24, 2.45) is 5.92 Å². The van der Waals surface area contributed by atoms with Crippen LogP contribution in [0, 0.1) is 11.7 Å². The smallest absolute Gasteiger partial charge is 0.129 e. The predicted octanol–water partition coefficient (Wildman–Crippen LogP) is 5.08. The summed E-state index contributed by atoms with van der Waals surface area (Å²) in [7, 11) is 0. The van der Waals surface area contributed by atoms with E-state index in [0.29, 0.717) is 21.5 Å². The normalized spacial score (nSPS) is 21.7. The maximum atomic E-state index is 14.6. The Labute approximate surface area is 154 Å². The molecule has 1 aromatic rings. The van der Waals surface area contributed by atoms with Crippen molar-refractivity contribution >= 4 is 35.6 Å². The van der Waals surface area contributed by atoms with E-state index in [1.165, 1.54) is 25.3 Å². The van der Waals surface area contributed by atoms with Crippen LogP contribution in [0.1, 0.15) is 43.7 Å². The first-order valence-electron chi connectivity index (χ1n) is 8.26. The van der Waals surface area contributed by atoms with Crippen molar-refractivity contribution in [1.29, 1.82) is 0 Å². The lowest BCUT2D eigenvalue weighted by atomic mass is 9.80. The van der Waals surface area contributed by atoms with Crippen molar-refractivity contribution in [3.8, 4) is 0 Å². The summed E-state index contributed by atoms with van der Waals surface area (Å²) in [4.78, 5) is 2.40. The average Bonchev–Trinajstić information content (AvgIpc) is 2.57. The molecule has 1 saturated carbocycles. The molecule has 1 heterocycles. The molecule has 2 fully saturated rings. The van der Waals surface area contributed by atoms with Gasteiger partial charge in [0.15, 0.2) is 0 Å².